The Labute approximate surface area is 216 Å². The van der Waals surface area contributed by atoms with Gasteiger partial charge in [-0.25, -0.2) is 0 Å². The molecule has 2 heterocycles. The zero-order chi connectivity index (χ0) is 24.2. The van der Waals surface area contributed by atoms with E-state index in [4.69, 9.17) is 0 Å². The maximum atomic E-state index is 3.64. The smallest absolute Gasteiger partial charge is 0.0234 e. The zero-order valence-corrected chi connectivity index (χ0v) is 22.7. The Balaban J connectivity index is 1.46. The lowest BCUT2D eigenvalue weighted by Gasteiger charge is -2.24. The fourth-order valence-electron chi connectivity index (χ4n) is 5.45. The lowest BCUT2D eigenvalue weighted by atomic mass is 10.1. The lowest BCUT2D eigenvalue weighted by Crippen LogP contribution is -2.36. The third-order valence-corrected chi connectivity index (χ3v) is 7.65. The van der Waals surface area contributed by atoms with Gasteiger partial charge in [-0.3, -0.25) is 9.80 Å². The van der Waals surface area contributed by atoms with Crippen molar-refractivity contribution in [1.82, 2.24) is 25.8 Å². The molecule has 0 amide bonds. The molecular formula is C30H55N5. The predicted octanol–water partition coefficient (Wildman–Crippen LogP) is 4.77. The van der Waals surface area contributed by atoms with Crippen LogP contribution < -0.4 is 16.0 Å². The maximum Gasteiger partial charge on any atom is 0.0234 e. The number of hydrogen-bond acceptors (Lipinski definition) is 5. The molecule has 2 saturated heterocycles. The Morgan fingerprint density at radius 2 is 0.800 bits per heavy atom. The second-order valence-electron chi connectivity index (χ2n) is 10.9. The highest BCUT2D eigenvalue weighted by molar-refractivity contribution is 5.22. The van der Waals surface area contributed by atoms with E-state index in [0.717, 1.165) is 65.4 Å². The van der Waals surface area contributed by atoms with Gasteiger partial charge < -0.3 is 16.0 Å². The summed E-state index contributed by atoms with van der Waals surface area (Å²) >= 11 is 0. The number of rotatable bonds is 4. The average Bonchev–Trinajstić information content (AvgIpc) is 2.90. The standard InChI is InChI=1S/C30H55N5/c1-2-4-6-8-10-24-34(23-9-7-5-3-1)27-29-13-15-30(16-14-29)28-35-25-12-19-32-21-20-31-17-11-18-33-22-26-35/h13-16,31-33H,1-12,17-28H2. The van der Waals surface area contributed by atoms with Gasteiger partial charge in [0.2, 0.25) is 0 Å². The van der Waals surface area contributed by atoms with Crippen molar-refractivity contribution in [2.24, 2.45) is 0 Å². The molecule has 0 spiro atoms. The molecule has 3 rings (SSSR count). The topological polar surface area (TPSA) is 42.6 Å². The Bertz CT molecular complexity index is 592. The fourth-order valence-corrected chi connectivity index (χ4v) is 5.45. The molecule has 2 fully saturated rings. The van der Waals surface area contributed by atoms with Crippen LogP contribution in [0.25, 0.3) is 0 Å². The minimum Gasteiger partial charge on any atom is -0.315 e. The Kier molecular flexibility index (Phi) is 15.7. The monoisotopic (exact) mass is 485 g/mol. The Hall–Kier alpha value is -0.980. The van der Waals surface area contributed by atoms with E-state index in [-0.39, 0.29) is 0 Å². The molecule has 5 heteroatoms. The average molecular weight is 486 g/mol. The molecule has 2 aliphatic heterocycles. The van der Waals surface area contributed by atoms with Crippen molar-refractivity contribution >= 4 is 0 Å². The Morgan fingerprint density at radius 3 is 1.34 bits per heavy atom. The number of nitrogens with zero attached hydrogens (tertiary/aromatic N) is 2. The van der Waals surface area contributed by atoms with Crippen LogP contribution in [-0.4, -0.2) is 75.2 Å². The van der Waals surface area contributed by atoms with Crippen LogP contribution in [0.15, 0.2) is 24.3 Å². The lowest BCUT2D eigenvalue weighted by molar-refractivity contribution is 0.252. The molecule has 2 aliphatic rings. The molecule has 1 aromatic carbocycles. The quantitative estimate of drug-likeness (QED) is 0.573. The summed E-state index contributed by atoms with van der Waals surface area (Å²) in [7, 11) is 0. The molecule has 35 heavy (non-hydrogen) atoms. The van der Waals surface area contributed by atoms with Gasteiger partial charge in [0.25, 0.3) is 0 Å². The van der Waals surface area contributed by atoms with Crippen LogP contribution in [0.5, 0.6) is 0 Å². The molecule has 0 aromatic heterocycles. The highest BCUT2D eigenvalue weighted by Crippen LogP contribution is 2.15. The summed E-state index contributed by atoms with van der Waals surface area (Å²) in [5.41, 5.74) is 2.94. The van der Waals surface area contributed by atoms with Crippen LogP contribution in [0.3, 0.4) is 0 Å². The summed E-state index contributed by atoms with van der Waals surface area (Å²) < 4.78 is 0. The zero-order valence-electron chi connectivity index (χ0n) is 22.7. The third-order valence-electron chi connectivity index (χ3n) is 7.65. The van der Waals surface area contributed by atoms with Crippen LogP contribution in [-0.2, 0) is 13.1 Å². The van der Waals surface area contributed by atoms with E-state index in [0.29, 0.717) is 0 Å². The molecule has 0 unspecified atom stereocenters. The van der Waals surface area contributed by atoms with Gasteiger partial charge in [-0.2, -0.15) is 0 Å². The van der Waals surface area contributed by atoms with Crippen molar-refractivity contribution in [1.29, 1.82) is 0 Å². The van der Waals surface area contributed by atoms with Crippen molar-refractivity contribution < 1.29 is 0 Å². The number of nitrogens with one attached hydrogen (secondary N) is 3. The predicted molar refractivity (Wildman–Crippen MR) is 151 cm³/mol. The van der Waals surface area contributed by atoms with Crippen LogP contribution in [0.1, 0.15) is 88.2 Å². The van der Waals surface area contributed by atoms with Gasteiger partial charge in [0.15, 0.2) is 0 Å². The molecule has 3 N–H and O–H groups in total. The van der Waals surface area contributed by atoms with E-state index >= 15 is 0 Å². The third kappa shape index (κ3) is 13.8. The van der Waals surface area contributed by atoms with Crippen molar-refractivity contribution in [3.05, 3.63) is 35.4 Å². The molecule has 0 atom stereocenters. The van der Waals surface area contributed by atoms with E-state index in [1.165, 1.54) is 101 Å². The highest BCUT2D eigenvalue weighted by atomic mass is 15.1. The molecule has 200 valence electrons. The van der Waals surface area contributed by atoms with Gasteiger partial charge in [-0.15, -0.1) is 0 Å². The van der Waals surface area contributed by atoms with E-state index in [2.05, 4.69) is 50.0 Å². The molecule has 0 aliphatic carbocycles. The van der Waals surface area contributed by atoms with Crippen molar-refractivity contribution in [2.45, 2.75) is 90.1 Å². The van der Waals surface area contributed by atoms with Gasteiger partial charge in [-0.05, 0) is 76.1 Å². The summed E-state index contributed by atoms with van der Waals surface area (Å²) in [5.74, 6) is 0. The van der Waals surface area contributed by atoms with E-state index in [1.807, 2.05) is 0 Å². The van der Waals surface area contributed by atoms with Gasteiger partial charge in [0.1, 0.15) is 0 Å². The largest absolute Gasteiger partial charge is 0.315 e. The first-order valence-corrected chi connectivity index (χ1v) is 15.0. The van der Waals surface area contributed by atoms with Gasteiger partial charge in [0.05, 0.1) is 0 Å². The van der Waals surface area contributed by atoms with Crippen LogP contribution in [0, 0.1) is 0 Å². The SMILES string of the molecule is c1cc(CN2CCCNCCNCCCNCC2)ccc1CN1CCCCCCCCCCCC1. The van der Waals surface area contributed by atoms with Crippen molar-refractivity contribution in [3.8, 4) is 0 Å². The second kappa shape index (κ2) is 19.2. The first-order chi connectivity index (χ1) is 17.4. The van der Waals surface area contributed by atoms with Gasteiger partial charge in [-0.1, -0.05) is 75.6 Å². The van der Waals surface area contributed by atoms with Gasteiger partial charge in [0, 0.05) is 39.3 Å². The minimum atomic E-state index is 1.06. The van der Waals surface area contributed by atoms with E-state index in [9.17, 15) is 0 Å². The normalized spacial score (nSPS) is 22.9. The molecule has 0 radical (unpaired) electrons. The summed E-state index contributed by atoms with van der Waals surface area (Å²) in [6.45, 7) is 13.6. The van der Waals surface area contributed by atoms with Crippen molar-refractivity contribution in [3.63, 3.8) is 0 Å². The summed E-state index contributed by atoms with van der Waals surface area (Å²) in [6, 6.07) is 9.57. The minimum absolute atomic E-state index is 1.06. The molecule has 0 bridgehead atoms. The number of hydrogen-bond donors (Lipinski definition) is 3. The van der Waals surface area contributed by atoms with Crippen LogP contribution >= 0.6 is 0 Å². The first-order valence-electron chi connectivity index (χ1n) is 15.0. The molecule has 5 nitrogen and oxygen atoms in total. The van der Waals surface area contributed by atoms with Crippen LogP contribution in [0.2, 0.25) is 0 Å². The maximum absolute atomic E-state index is 3.64. The van der Waals surface area contributed by atoms with Crippen LogP contribution in [0.4, 0.5) is 0 Å². The van der Waals surface area contributed by atoms with Crippen molar-refractivity contribution in [2.75, 3.05) is 65.4 Å². The summed E-state index contributed by atoms with van der Waals surface area (Å²) in [5, 5.41) is 10.7. The van der Waals surface area contributed by atoms with Gasteiger partial charge >= 0.3 is 0 Å². The fraction of sp³-hybridized carbons (Fsp3) is 0.800. The second-order valence-corrected chi connectivity index (χ2v) is 10.9. The number of benzene rings is 1. The molecule has 1 aromatic rings. The first kappa shape index (κ1) is 28.6. The van der Waals surface area contributed by atoms with E-state index < -0.39 is 0 Å². The highest BCUT2D eigenvalue weighted by Gasteiger charge is 2.09. The summed E-state index contributed by atoms with van der Waals surface area (Å²) in [4.78, 5) is 5.36. The summed E-state index contributed by atoms with van der Waals surface area (Å²) in [6.07, 6.45) is 16.6. The molecule has 0 saturated carbocycles. The Morgan fingerprint density at radius 1 is 0.400 bits per heavy atom. The van der Waals surface area contributed by atoms with E-state index in [1.54, 1.807) is 0 Å². The molecular weight excluding hydrogens is 430 g/mol.